The first kappa shape index (κ1) is 12.3. The predicted molar refractivity (Wildman–Crippen MR) is 57.6 cm³/mol. The van der Waals surface area contributed by atoms with Crippen LogP contribution in [-0.4, -0.2) is 64.5 Å². The fourth-order valence-electron chi connectivity index (χ4n) is 1.19. The summed E-state index contributed by atoms with van der Waals surface area (Å²) in [6, 6.07) is 0. The largest absolute Gasteiger partial charge is 0.313 e. The highest BCUT2D eigenvalue weighted by molar-refractivity contribution is 5.74. The minimum atomic E-state index is 0.989. The van der Waals surface area contributed by atoms with Gasteiger partial charge in [-0.05, 0) is 14.1 Å². The molecule has 0 aromatic heterocycles. The average Bonchev–Trinajstić information content (AvgIpc) is 1.80. The van der Waals surface area contributed by atoms with Gasteiger partial charge in [-0.15, -0.1) is 0 Å². The number of nitrogens with one attached hydrogen (secondary N) is 1. The Balaban J connectivity index is 4.46. The van der Waals surface area contributed by atoms with Crippen LogP contribution in [-0.2, 0) is 0 Å². The summed E-state index contributed by atoms with van der Waals surface area (Å²) >= 11 is 0. The molecule has 0 aromatic rings. The lowest BCUT2D eigenvalue weighted by molar-refractivity contribution is -0.801. The lowest BCUT2D eigenvalue weighted by Crippen LogP contribution is -3.00. The molecule has 0 aromatic carbocycles. The van der Waals surface area contributed by atoms with Gasteiger partial charge in [0.05, 0.1) is 19.7 Å². The minimum absolute atomic E-state index is 0.989. The molecule has 3 nitrogen and oxygen atoms in total. The Bertz CT molecular complexity index is 198. The molecule has 13 heavy (non-hydrogen) atoms. The van der Waals surface area contributed by atoms with Crippen molar-refractivity contribution in [3.8, 4) is 0 Å². The average molecular weight is 185 g/mol. The van der Waals surface area contributed by atoms with Crippen LogP contribution in [0.2, 0.25) is 0 Å². The Labute approximate surface area is 82.0 Å². The smallest absolute Gasteiger partial charge is 0.172 e. The Morgan fingerprint density at radius 3 is 2.15 bits per heavy atom. The van der Waals surface area contributed by atoms with Crippen LogP contribution in [0.4, 0.5) is 0 Å². The monoisotopic (exact) mass is 185 g/mol. The van der Waals surface area contributed by atoms with Gasteiger partial charge in [0.2, 0.25) is 0 Å². The highest BCUT2D eigenvalue weighted by Gasteiger charge is 2.03. The van der Waals surface area contributed by atoms with Gasteiger partial charge in [0.1, 0.15) is 20.3 Å². The fraction of sp³-hybridized carbons (Fsp3) is 0.700. The number of likely N-dealkylation sites (N-methyl/N-ethyl adjacent to an activating group) is 1. The molecule has 0 bridgehead atoms. The van der Waals surface area contributed by atoms with E-state index in [1.165, 1.54) is 10.5 Å². The van der Waals surface area contributed by atoms with E-state index in [1.54, 1.807) is 0 Å². The molecule has 0 saturated carbocycles. The summed E-state index contributed by atoms with van der Waals surface area (Å²) < 4.78 is 2.08. The highest BCUT2D eigenvalue weighted by atomic mass is 15.1. The molecule has 0 radical (unpaired) electrons. The van der Waals surface area contributed by atoms with Crippen molar-refractivity contribution in [3.05, 3.63) is 11.8 Å². The van der Waals surface area contributed by atoms with Crippen LogP contribution in [0.5, 0.6) is 0 Å². The normalized spacial score (nSPS) is 12.5. The Morgan fingerprint density at radius 2 is 1.85 bits per heavy atom. The Morgan fingerprint density at radius 1 is 1.31 bits per heavy atom. The maximum Gasteiger partial charge on any atom is 0.172 e. The lowest BCUT2D eigenvalue weighted by Gasteiger charge is -2.09. The van der Waals surface area contributed by atoms with Crippen molar-refractivity contribution in [2.24, 2.45) is 0 Å². The van der Waals surface area contributed by atoms with Crippen LogP contribution in [0.3, 0.4) is 0 Å². The van der Waals surface area contributed by atoms with Crippen LogP contribution in [0.1, 0.15) is 0 Å². The first-order valence-corrected chi connectivity index (χ1v) is 4.58. The maximum atomic E-state index is 2.22. The van der Waals surface area contributed by atoms with Crippen molar-refractivity contribution in [3.63, 3.8) is 0 Å². The molecule has 76 valence electrons. The quantitative estimate of drug-likeness (QED) is 0.433. The van der Waals surface area contributed by atoms with Gasteiger partial charge in [0.15, 0.2) is 6.21 Å². The van der Waals surface area contributed by atoms with Crippen molar-refractivity contribution in [1.82, 2.24) is 4.90 Å². The first-order valence-electron chi connectivity index (χ1n) is 4.58. The molecular weight excluding hydrogens is 162 g/mol. The van der Waals surface area contributed by atoms with E-state index in [9.17, 15) is 0 Å². The maximum absolute atomic E-state index is 2.22. The van der Waals surface area contributed by atoms with Crippen molar-refractivity contribution in [1.29, 1.82) is 0 Å². The second-order valence-electron chi connectivity index (χ2n) is 4.13. The molecule has 0 fully saturated rings. The van der Waals surface area contributed by atoms with E-state index in [2.05, 4.69) is 64.2 Å². The molecular formula is C10H23N3+2. The zero-order valence-corrected chi connectivity index (χ0v) is 9.76. The molecule has 0 aliphatic rings. The van der Waals surface area contributed by atoms with E-state index < -0.39 is 0 Å². The molecule has 0 rings (SSSR count). The third-order valence-electron chi connectivity index (χ3n) is 1.40. The summed E-state index contributed by atoms with van der Waals surface area (Å²) in [6.45, 7) is 0.989. The molecule has 0 heterocycles. The molecule has 0 amide bonds. The highest BCUT2D eigenvalue weighted by Crippen LogP contribution is 1.88. The first-order chi connectivity index (χ1) is 5.91. The van der Waals surface area contributed by atoms with Crippen molar-refractivity contribution in [2.45, 2.75) is 0 Å². The summed E-state index contributed by atoms with van der Waals surface area (Å²) in [5.41, 5.74) is 1.34. The van der Waals surface area contributed by atoms with Crippen LogP contribution in [0, 0.1) is 0 Å². The summed E-state index contributed by atoms with van der Waals surface area (Å²) in [5, 5.41) is 0. The van der Waals surface area contributed by atoms with Gasteiger partial charge in [0.25, 0.3) is 0 Å². The molecule has 1 N–H and O–H groups in total. The topological polar surface area (TPSA) is 10.7 Å². The van der Waals surface area contributed by atoms with Gasteiger partial charge >= 0.3 is 0 Å². The van der Waals surface area contributed by atoms with Gasteiger partial charge < -0.3 is 9.80 Å². The van der Waals surface area contributed by atoms with Crippen LogP contribution >= 0.6 is 0 Å². The second kappa shape index (κ2) is 5.89. The van der Waals surface area contributed by atoms with Gasteiger partial charge in [0, 0.05) is 6.54 Å². The number of hydrogen-bond acceptors (Lipinski definition) is 1. The molecule has 0 aliphatic heterocycles. The van der Waals surface area contributed by atoms with E-state index in [0.717, 1.165) is 6.54 Å². The summed E-state index contributed by atoms with van der Waals surface area (Å²) in [5.74, 6) is 0. The fourth-order valence-corrected chi connectivity index (χ4v) is 1.19. The number of quaternary nitrogens is 1. The predicted octanol–water partition coefficient (Wildman–Crippen LogP) is -1.08. The van der Waals surface area contributed by atoms with Gasteiger partial charge in [-0.2, -0.15) is 0 Å². The van der Waals surface area contributed by atoms with Gasteiger partial charge in [-0.25, -0.2) is 4.58 Å². The zero-order chi connectivity index (χ0) is 10.4. The van der Waals surface area contributed by atoms with Crippen LogP contribution in [0.25, 0.3) is 0 Å². The summed E-state index contributed by atoms with van der Waals surface area (Å²) in [6.07, 6.45) is 4.38. The number of hydrogen-bond donors (Lipinski definition) is 1. The third-order valence-corrected chi connectivity index (χ3v) is 1.40. The SMILES string of the molecule is CN(C)CC(=C[NH+](C)C)C=[N+](C)C. The molecule has 0 spiro atoms. The molecule has 3 heteroatoms. The Hall–Kier alpha value is -0.670. The standard InChI is InChI=1S/C10H22N3/c1-11(2)7-10(8-12(3)4)9-13(5)6/h7-8H,9H2,1-6H3/q+1/p+1. The van der Waals surface area contributed by atoms with E-state index in [0.29, 0.717) is 0 Å². The van der Waals surface area contributed by atoms with E-state index >= 15 is 0 Å². The van der Waals surface area contributed by atoms with Crippen molar-refractivity contribution < 1.29 is 9.48 Å². The third kappa shape index (κ3) is 7.68. The molecule has 0 aliphatic carbocycles. The summed E-state index contributed by atoms with van der Waals surface area (Å²) in [7, 11) is 12.5. The molecule has 0 atom stereocenters. The van der Waals surface area contributed by atoms with Gasteiger partial charge in [-0.3, -0.25) is 0 Å². The van der Waals surface area contributed by atoms with Crippen LogP contribution in [0.15, 0.2) is 11.8 Å². The van der Waals surface area contributed by atoms with E-state index in [1.807, 2.05) is 0 Å². The molecule has 0 saturated heterocycles. The molecule has 0 unspecified atom stereocenters. The van der Waals surface area contributed by atoms with Gasteiger partial charge in [-0.1, -0.05) is 0 Å². The second-order valence-corrected chi connectivity index (χ2v) is 4.13. The van der Waals surface area contributed by atoms with Crippen molar-refractivity contribution >= 4 is 6.21 Å². The van der Waals surface area contributed by atoms with E-state index in [-0.39, 0.29) is 0 Å². The van der Waals surface area contributed by atoms with Crippen molar-refractivity contribution in [2.75, 3.05) is 48.8 Å². The minimum Gasteiger partial charge on any atom is -0.313 e. The number of rotatable bonds is 4. The van der Waals surface area contributed by atoms with Crippen LogP contribution < -0.4 is 4.90 Å². The Kier molecular flexibility index (Phi) is 5.58. The number of nitrogens with zero attached hydrogens (tertiary/aromatic N) is 2. The lowest BCUT2D eigenvalue weighted by atomic mass is 10.3. The van der Waals surface area contributed by atoms with E-state index in [4.69, 9.17) is 0 Å². The summed E-state index contributed by atoms with van der Waals surface area (Å²) in [4.78, 5) is 3.52. The zero-order valence-electron chi connectivity index (χ0n) is 9.76.